The molecule has 0 radical (unpaired) electrons. The number of hydrogen-bond donors (Lipinski definition) is 3. The van der Waals surface area contributed by atoms with Gasteiger partial charge in [-0.2, -0.15) is 0 Å². The summed E-state index contributed by atoms with van der Waals surface area (Å²) in [6.45, 7) is 2.08. The van der Waals surface area contributed by atoms with Gasteiger partial charge in [-0.05, 0) is 43.0 Å². The first-order chi connectivity index (χ1) is 9.69. The van der Waals surface area contributed by atoms with Gasteiger partial charge in [-0.3, -0.25) is 0 Å². The van der Waals surface area contributed by atoms with Gasteiger partial charge in [-0.15, -0.1) is 0 Å². The molecule has 110 valence electrons. The van der Waals surface area contributed by atoms with E-state index in [2.05, 4.69) is 10.5 Å². The Morgan fingerprint density at radius 1 is 1.45 bits per heavy atom. The predicted octanol–water partition coefficient (Wildman–Crippen LogP) is 1.58. The van der Waals surface area contributed by atoms with E-state index in [0.717, 1.165) is 31.6 Å². The van der Waals surface area contributed by atoms with Gasteiger partial charge in [0, 0.05) is 25.3 Å². The Morgan fingerprint density at radius 3 is 3.00 bits per heavy atom. The summed E-state index contributed by atoms with van der Waals surface area (Å²) in [6, 6.07) is 4.37. The number of nitrogens with one attached hydrogen (secondary N) is 1. The Labute approximate surface area is 117 Å². The van der Waals surface area contributed by atoms with E-state index < -0.39 is 5.82 Å². The number of nitrogens with zero attached hydrogens (tertiary/aromatic N) is 1. The highest BCUT2D eigenvalue weighted by molar-refractivity contribution is 5.97. The van der Waals surface area contributed by atoms with Crippen molar-refractivity contribution in [1.82, 2.24) is 5.32 Å². The number of rotatable bonds is 5. The van der Waals surface area contributed by atoms with E-state index in [0.29, 0.717) is 12.1 Å². The molecule has 1 aromatic rings. The average Bonchev–Trinajstić information content (AvgIpc) is 2.47. The standard InChI is InChI=1S/C14H20FN3O2/c15-12-6-10(5-11(7-12)14(16)18-19)8-17-9-13-3-1-2-4-20-13/h5-7,13,17,19H,1-4,8-9H2,(H2,16,18). The molecule has 6 heteroatoms. The molecule has 0 bridgehead atoms. The van der Waals surface area contributed by atoms with E-state index in [4.69, 9.17) is 15.7 Å². The van der Waals surface area contributed by atoms with Crippen molar-refractivity contribution in [2.24, 2.45) is 10.9 Å². The van der Waals surface area contributed by atoms with Gasteiger partial charge in [0.05, 0.1) is 6.10 Å². The van der Waals surface area contributed by atoms with Gasteiger partial charge in [0.1, 0.15) is 5.82 Å². The third-order valence-electron chi connectivity index (χ3n) is 3.34. The summed E-state index contributed by atoms with van der Waals surface area (Å²) in [6.07, 6.45) is 3.62. The van der Waals surface area contributed by atoms with Crippen molar-refractivity contribution in [2.45, 2.75) is 31.9 Å². The summed E-state index contributed by atoms with van der Waals surface area (Å²) in [5.41, 5.74) is 6.60. The molecule has 1 unspecified atom stereocenters. The van der Waals surface area contributed by atoms with E-state index >= 15 is 0 Å². The van der Waals surface area contributed by atoms with E-state index in [9.17, 15) is 4.39 Å². The molecule has 1 heterocycles. The average molecular weight is 281 g/mol. The fraction of sp³-hybridized carbons (Fsp3) is 0.500. The third-order valence-corrected chi connectivity index (χ3v) is 3.34. The first-order valence-corrected chi connectivity index (χ1v) is 6.78. The second-order valence-corrected chi connectivity index (χ2v) is 4.95. The van der Waals surface area contributed by atoms with Crippen LogP contribution in [0.15, 0.2) is 23.4 Å². The van der Waals surface area contributed by atoms with Crippen LogP contribution in [0.4, 0.5) is 4.39 Å². The molecule has 0 spiro atoms. The highest BCUT2D eigenvalue weighted by Crippen LogP contribution is 2.13. The molecule has 5 nitrogen and oxygen atoms in total. The summed E-state index contributed by atoms with van der Waals surface area (Å²) in [5.74, 6) is -0.499. The van der Waals surface area contributed by atoms with Crippen LogP contribution in [0.25, 0.3) is 0 Å². The number of nitrogens with two attached hydrogens (primary N) is 1. The molecule has 1 aromatic carbocycles. The zero-order chi connectivity index (χ0) is 14.4. The second kappa shape index (κ2) is 7.21. The smallest absolute Gasteiger partial charge is 0.170 e. The van der Waals surface area contributed by atoms with Gasteiger partial charge in [-0.1, -0.05) is 5.16 Å². The highest BCUT2D eigenvalue weighted by Gasteiger charge is 2.13. The van der Waals surface area contributed by atoms with Crippen LogP contribution in [0, 0.1) is 5.82 Å². The lowest BCUT2D eigenvalue weighted by molar-refractivity contribution is 0.0168. The van der Waals surface area contributed by atoms with Crippen molar-refractivity contribution in [1.29, 1.82) is 0 Å². The summed E-state index contributed by atoms with van der Waals surface area (Å²) in [5, 5.41) is 14.8. The molecule has 0 aromatic heterocycles. The topological polar surface area (TPSA) is 79.9 Å². The van der Waals surface area contributed by atoms with Crippen LogP contribution in [-0.2, 0) is 11.3 Å². The first kappa shape index (κ1) is 14.7. The van der Waals surface area contributed by atoms with Crippen molar-refractivity contribution in [2.75, 3.05) is 13.2 Å². The number of amidine groups is 1. The molecular formula is C14H20FN3O2. The van der Waals surface area contributed by atoms with Crippen LogP contribution in [0.5, 0.6) is 0 Å². The Balaban J connectivity index is 1.90. The van der Waals surface area contributed by atoms with Crippen molar-refractivity contribution < 1.29 is 14.3 Å². The SMILES string of the molecule is N/C(=N/O)c1cc(F)cc(CNCC2CCCCO2)c1. The number of hydrogen-bond acceptors (Lipinski definition) is 4. The number of ether oxygens (including phenoxy) is 1. The predicted molar refractivity (Wildman–Crippen MR) is 74.2 cm³/mol. The minimum absolute atomic E-state index is 0.0960. The Bertz CT molecular complexity index is 473. The van der Waals surface area contributed by atoms with Crippen LogP contribution in [0.3, 0.4) is 0 Å². The summed E-state index contributed by atoms with van der Waals surface area (Å²) >= 11 is 0. The van der Waals surface area contributed by atoms with Gasteiger partial charge in [0.15, 0.2) is 5.84 Å². The molecule has 0 amide bonds. The largest absolute Gasteiger partial charge is 0.409 e. The maximum atomic E-state index is 13.5. The van der Waals surface area contributed by atoms with E-state index in [1.165, 1.54) is 18.6 Å². The number of halogens is 1. The molecule has 4 N–H and O–H groups in total. The second-order valence-electron chi connectivity index (χ2n) is 4.95. The Kier molecular flexibility index (Phi) is 5.31. The molecule has 0 aliphatic carbocycles. The monoisotopic (exact) mass is 281 g/mol. The van der Waals surface area contributed by atoms with Gasteiger partial charge in [0.25, 0.3) is 0 Å². The van der Waals surface area contributed by atoms with Gasteiger partial charge in [0.2, 0.25) is 0 Å². The normalized spacial score (nSPS) is 20.1. The molecule has 1 aliphatic heterocycles. The fourth-order valence-corrected chi connectivity index (χ4v) is 2.30. The fourth-order valence-electron chi connectivity index (χ4n) is 2.30. The molecule has 1 saturated heterocycles. The number of oxime groups is 1. The van der Waals surface area contributed by atoms with Crippen LogP contribution >= 0.6 is 0 Å². The highest BCUT2D eigenvalue weighted by atomic mass is 19.1. The lowest BCUT2D eigenvalue weighted by atomic mass is 10.1. The zero-order valence-corrected chi connectivity index (χ0v) is 11.3. The molecule has 0 saturated carbocycles. The summed E-state index contributed by atoms with van der Waals surface area (Å²) in [4.78, 5) is 0. The molecule has 2 rings (SSSR count). The summed E-state index contributed by atoms with van der Waals surface area (Å²) < 4.78 is 19.1. The van der Waals surface area contributed by atoms with Crippen molar-refractivity contribution in [3.05, 3.63) is 35.1 Å². The van der Waals surface area contributed by atoms with Gasteiger partial charge < -0.3 is 21.0 Å². The quantitative estimate of drug-likeness (QED) is 0.331. The van der Waals surface area contributed by atoms with E-state index in [1.54, 1.807) is 6.07 Å². The zero-order valence-electron chi connectivity index (χ0n) is 11.3. The van der Waals surface area contributed by atoms with Gasteiger partial charge in [-0.25, -0.2) is 4.39 Å². The van der Waals surface area contributed by atoms with Crippen molar-refractivity contribution in [3.8, 4) is 0 Å². The van der Waals surface area contributed by atoms with Crippen LogP contribution in [-0.4, -0.2) is 30.3 Å². The lowest BCUT2D eigenvalue weighted by Gasteiger charge is -2.22. The van der Waals surface area contributed by atoms with Gasteiger partial charge >= 0.3 is 0 Å². The van der Waals surface area contributed by atoms with E-state index in [1.807, 2.05) is 0 Å². The van der Waals surface area contributed by atoms with Crippen LogP contribution in [0.1, 0.15) is 30.4 Å². The number of benzene rings is 1. The molecule has 1 fully saturated rings. The van der Waals surface area contributed by atoms with Crippen LogP contribution < -0.4 is 11.1 Å². The maximum Gasteiger partial charge on any atom is 0.170 e. The Morgan fingerprint density at radius 2 is 2.30 bits per heavy atom. The molecular weight excluding hydrogens is 261 g/mol. The minimum Gasteiger partial charge on any atom is -0.409 e. The maximum absolute atomic E-state index is 13.5. The van der Waals surface area contributed by atoms with Crippen molar-refractivity contribution in [3.63, 3.8) is 0 Å². The van der Waals surface area contributed by atoms with Crippen LogP contribution in [0.2, 0.25) is 0 Å². The summed E-state index contributed by atoms with van der Waals surface area (Å²) in [7, 11) is 0. The minimum atomic E-state index is -0.403. The Hall–Kier alpha value is -1.66. The lowest BCUT2D eigenvalue weighted by Crippen LogP contribution is -2.31. The third kappa shape index (κ3) is 4.18. The van der Waals surface area contributed by atoms with Crippen molar-refractivity contribution >= 4 is 5.84 Å². The molecule has 1 aliphatic rings. The van der Waals surface area contributed by atoms with E-state index in [-0.39, 0.29) is 11.9 Å². The molecule has 20 heavy (non-hydrogen) atoms. The molecule has 1 atom stereocenters. The first-order valence-electron chi connectivity index (χ1n) is 6.78.